The van der Waals surface area contributed by atoms with Crippen LogP contribution in [0.2, 0.25) is 0 Å². The van der Waals surface area contributed by atoms with Crippen LogP contribution in [-0.4, -0.2) is 25.8 Å². The van der Waals surface area contributed by atoms with Gasteiger partial charge in [-0.2, -0.15) is 0 Å². The van der Waals surface area contributed by atoms with Crippen molar-refractivity contribution in [2.45, 2.75) is 46.3 Å². The average Bonchev–Trinajstić information content (AvgIpc) is 2.00. The molecule has 0 aliphatic carbocycles. The van der Waals surface area contributed by atoms with E-state index in [2.05, 4.69) is 33.0 Å². The van der Waals surface area contributed by atoms with Crippen LogP contribution in [0.3, 0.4) is 0 Å². The summed E-state index contributed by atoms with van der Waals surface area (Å²) in [4.78, 5) is 0. The van der Waals surface area contributed by atoms with Crippen LogP contribution >= 0.6 is 0 Å². The molecule has 0 aromatic rings. The Morgan fingerprint density at radius 2 is 1.75 bits per heavy atom. The molecule has 0 saturated heterocycles. The van der Waals surface area contributed by atoms with E-state index in [0.29, 0.717) is 18.1 Å². The third-order valence-corrected chi connectivity index (χ3v) is 1.89. The normalized spacial score (nSPS) is 16.5. The van der Waals surface area contributed by atoms with Crippen molar-refractivity contribution >= 4 is 0 Å². The zero-order chi connectivity index (χ0) is 9.56. The molecule has 0 bridgehead atoms. The molecule has 1 N–H and O–H groups in total. The average molecular weight is 173 g/mol. The summed E-state index contributed by atoms with van der Waals surface area (Å²) in [5.74, 6) is 0.636. The fraction of sp³-hybridized carbons (Fsp3) is 1.00. The maximum atomic E-state index is 5.64. The summed E-state index contributed by atoms with van der Waals surface area (Å²) in [6.45, 7) is 9.53. The van der Waals surface area contributed by atoms with E-state index in [1.54, 1.807) is 0 Å². The number of hydrogen-bond donors (Lipinski definition) is 1. The lowest BCUT2D eigenvalue weighted by molar-refractivity contribution is 0.0377. The highest BCUT2D eigenvalue weighted by atomic mass is 16.5. The summed E-state index contributed by atoms with van der Waals surface area (Å²) in [7, 11) is 1.99. The van der Waals surface area contributed by atoms with Gasteiger partial charge in [0.05, 0.1) is 6.10 Å². The molecule has 0 radical (unpaired) electrons. The molecule has 0 heterocycles. The van der Waals surface area contributed by atoms with Crippen molar-refractivity contribution in [2.24, 2.45) is 5.92 Å². The zero-order valence-electron chi connectivity index (χ0n) is 9.05. The molecule has 0 fully saturated rings. The van der Waals surface area contributed by atoms with Crippen LogP contribution < -0.4 is 5.32 Å². The molecule has 0 saturated carbocycles. The van der Waals surface area contributed by atoms with Crippen LogP contribution in [0, 0.1) is 5.92 Å². The second kappa shape index (κ2) is 6.44. The van der Waals surface area contributed by atoms with E-state index < -0.39 is 0 Å². The fourth-order valence-electron chi connectivity index (χ4n) is 1.04. The molecule has 2 atom stereocenters. The minimum absolute atomic E-state index is 0.370. The lowest BCUT2D eigenvalue weighted by atomic mass is 10.1. The largest absolute Gasteiger partial charge is 0.378 e. The summed E-state index contributed by atoms with van der Waals surface area (Å²) in [6, 6.07) is 0.548. The minimum atomic E-state index is 0.370. The SMILES string of the molecule is CNC(C)CC(C)OCC(C)C. The van der Waals surface area contributed by atoms with E-state index in [4.69, 9.17) is 4.74 Å². The second-order valence-electron chi connectivity index (χ2n) is 3.96. The molecule has 2 unspecified atom stereocenters. The Morgan fingerprint density at radius 1 is 1.17 bits per heavy atom. The Kier molecular flexibility index (Phi) is 6.39. The van der Waals surface area contributed by atoms with E-state index in [9.17, 15) is 0 Å². The molecule has 0 rings (SSSR count). The van der Waals surface area contributed by atoms with E-state index in [0.717, 1.165) is 13.0 Å². The van der Waals surface area contributed by atoms with Crippen molar-refractivity contribution in [1.29, 1.82) is 0 Å². The molecule has 74 valence electrons. The fourth-order valence-corrected chi connectivity index (χ4v) is 1.04. The van der Waals surface area contributed by atoms with Gasteiger partial charge in [-0.05, 0) is 33.2 Å². The van der Waals surface area contributed by atoms with E-state index in [1.807, 2.05) is 7.05 Å². The maximum absolute atomic E-state index is 5.64. The first-order valence-electron chi connectivity index (χ1n) is 4.85. The second-order valence-corrected chi connectivity index (χ2v) is 3.96. The Hall–Kier alpha value is -0.0800. The predicted molar refractivity (Wildman–Crippen MR) is 53.4 cm³/mol. The standard InChI is InChI=1S/C10H23NO/c1-8(2)7-12-10(4)6-9(3)11-5/h8-11H,6-7H2,1-5H3. The van der Waals surface area contributed by atoms with Gasteiger partial charge in [-0.3, -0.25) is 0 Å². The molecule has 0 aliphatic heterocycles. The van der Waals surface area contributed by atoms with E-state index in [-0.39, 0.29) is 0 Å². The van der Waals surface area contributed by atoms with E-state index >= 15 is 0 Å². The summed E-state index contributed by atoms with van der Waals surface area (Å²) < 4.78 is 5.64. The Bertz CT molecular complexity index is 104. The molecule has 2 heteroatoms. The highest BCUT2D eigenvalue weighted by molar-refractivity contribution is 4.62. The van der Waals surface area contributed by atoms with E-state index in [1.165, 1.54) is 0 Å². The molecule has 0 aliphatic rings. The lowest BCUT2D eigenvalue weighted by Gasteiger charge is -2.18. The first-order valence-corrected chi connectivity index (χ1v) is 4.85. The van der Waals surface area contributed by atoms with Gasteiger partial charge in [0.1, 0.15) is 0 Å². The molecule has 0 aromatic carbocycles. The molecule has 0 aromatic heterocycles. The Balaban J connectivity index is 3.39. The molecule has 0 spiro atoms. The number of nitrogens with one attached hydrogen (secondary N) is 1. The predicted octanol–water partition coefficient (Wildman–Crippen LogP) is 2.05. The third-order valence-electron chi connectivity index (χ3n) is 1.89. The summed E-state index contributed by atoms with van der Waals surface area (Å²) in [6.07, 6.45) is 1.46. The molecular weight excluding hydrogens is 150 g/mol. The number of hydrogen-bond acceptors (Lipinski definition) is 2. The van der Waals surface area contributed by atoms with Gasteiger partial charge >= 0.3 is 0 Å². The van der Waals surface area contributed by atoms with Crippen LogP contribution in [0.1, 0.15) is 34.1 Å². The van der Waals surface area contributed by atoms with Gasteiger partial charge in [-0.1, -0.05) is 13.8 Å². The molecule has 2 nitrogen and oxygen atoms in total. The summed E-state index contributed by atoms with van der Waals surface area (Å²) in [5.41, 5.74) is 0. The van der Waals surface area contributed by atoms with Gasteiger partial charge < -0.3 is 10.1 Å². The van der Waals surface area contributed by atoms with Crippen LogP contribution in [0.25, 0.3) is 0 Å². The zero-order valence-corrected chi connectivity index (χ0v) is 9.05. The van der Waals surface area contributed by atoms with Gasteiger partial charge in [-0.25, -0.2) is 0 Å². The third kappa shape index (κ3) is 6.62. The van der Waals surface area contributed by atoms with Crippen molar-refractivity contribution in [1.82, 2.24) is 5.32 Å². The van der Waals surface area contributed by atoms with Crippen molar-refractivity contribution in [3.63, 3.8) is 0 Å². The van der Waals surface area contributed by atoms with Crippen molar-refractivity contribution in [3.8, 4) is 0 Å². The smallest absolute Gasteiger partial charge is 0.0561 e. The van der Waals surface area contributed by atoms with Crippen molar-refractivity contribution < 1.29 is 4.74 Å². The monoisotopic (exact) mass is 173 g/mol. The number of ether oxygens (including phenoxy) is 1. The molecule has 12 heavy (non-hydrogen) atoms. The van der Waals surface area contributed by atoms with Crippen LogP contribution in [-0.2, 0) is 4.74 Å². The number of rotatable bonds is 6. The van der Waals surface area contributed by atoms with Gasteiger partial charge in [0.15, 0.2) is 0 Å². The summed E-state index contributed by atoms with van der Waals surface area (Å²) >= 11 is 0. The maximum Gasteiger partial charge on any atom is 0.0561 e. The van der Waals surface area contributed by atoms with Crippen LogP contribution in [0.15, 0.2) is 0 Å². The van der Waals surface area contributed by atoms with Gasteiger partial charge in [-0.15, -0.1) is 0 Å². The van der Waals surface area contributed by atoms with Crippen LogP contribution in [0.5, 0.6) is 0 Å². The first kappa shape index (κ1) is 11.9. The lowest BCUT2D eigenvalue weighted by Crippen LogP contribution is -2.27. The summed E-state index contributed by atoms with van der Waals surface area (Å²) in [5, 5.41) is 3.20. The molecular formula is C10H23NO. The van der Waals surface area contributed by atoms with Gasteiger partial charge in [0.2, 0.25) is 0 Å². The highest BCUT2D eigenvalue weighted by Gasteiger charge is 2.07. The molecule has 0 amide bonds. The van der Waals surface area contributed by atoms with Gasteiger partial charge in [0.25, 0.3) is 0 Å². The Morgan fingerprint density at radius 3 is 2.17 bits per heavy atom. The quantitative estimate of drug-likeness (QED) is 0.663. The highest BCUT2D eigenvalue weighted by Crippen LogP contribution is 2.04. The topological polar surface area (TPSA) is 21.3 Å². The van der Waals surface area contributed by atoms with Crippen LogP contribution in [0.4, 0.5) is 0 Å². The van der Waals surface area contributed by atoms with Gasteiger partial charge in [0, 0.05) is 12.6 Å². The minimum Gasteiger partial charge on any atom is -0.378 e. The first-order chi connectivity index (χ1) is 5.56. The Labute approximate surface area is 76.7 Å². The van der Waals surface area contributed by atoms with Crippen molar-refractivity contribution in [2.75, 3.05) is 13.7 Å². The van der Waals surface area contributed by atoms with Crippen molar-refractivity contribution in [3.05, 3.63) is 0 Å².